The number of allylic oxidation sites excluding steroid dienone is 1. The molecular formula is C6H9Cl2F3. The Hall–Kier alpha value is 0.110. The van der Waals surface area contributed by atoms with E-state index in [1.165, 1.54) is 0 Å². The SMILES string of the molecule is CC.CC(=C(Cl)Cl)C(F)(F)F. The third-order valence-electron chi connectivity index (χ3n) is 0.709. The summed E-state index contributed by atoms with van der Waals surface area (Å²) in [4.78, 5) is 0. The van der Waals surface area contributed by atoms with Crippen LogP contribution in [-0.4, -0.2) is 6.18 Å². The minimum absolute atomic E-state index is 0.734. The van der Waals surface area contributed by atoms with Crippen LogP contribution in [0.25, 0.3) is 0 Å². The van der Waals surface area contributed by atoms with Gasteiger partial charge in [-0.2, -0.15) is 13.2 Å². The predicted molar refractivity (Wildman–Crippen MR) is 41.8 cm³/mol. The zero-order chi connectivity index (χ0) is 9.65. The molecule has 0 saturated carbocycles. The molecular weight excluding hydrogens is 200 g/mol. The zero-order valence-electron chi connectivity index (χ0n) is 6.39. The molecule has 0 atom stereocenters. The smallest absolute Gasteiger partial charge is 0.166 e. The molecule has 0 aromatic rings. The Balaban J connectivity index is 0. The van der Waals surface area contributed by atoms with Crippen molar-refractivity contribution in [1.82, 2.24) is 0 Å². The minimum Gasteiger partial charge on any atom is -0.166 e. The van der Waals surface area contributed by atoms with Crippen molar-refractivity contribution in [1.29, 1.82) is 0 Å². The lowest BCUT2D eigenvalue weighted by molar-refractivity contribution is -0.0913. The lowest BCUT2D eigenvalue weighted by Gasteiger charge is -2.04. The van der Waals surface area contributed by atoms with E-state index in [2.05, 4.69) is 0 Å². The molecule has 0 bridgehead atoms. The van der Waals surface area contributed by atoms with E-state index < -0.39 is 16.2 Å². The molecule has 0 aromatic heterocycles. The summed E-state index contributed by atoms with van der Waals surface area (Å²) < 4.78 is 33.7. The van der Waals surface area contributed by atoms with Gasteiger partial charge < -0.3 is 0 Å². The fourth-order valence-electron chi connectivity index (χ4n) is 0.107. The third kappa shape index (κ3) is 6.51. The Kier molecular flexibility index (Phi) is 7.12. The van der Waals surface area contributed by atoms with Gasteiger partial charge in [0, 0.05) is 0 Å². The fourth-order valence-corrected chi connectivity index (χ4v) is 0.321. The summed E-state index contributed by atoms with van der Waals surface area (Å²) in [7, 11) is 0. The van der Waals surface area contributed by atoms with Gasteiger partial charge >= 0.3 is 6.18 Å². The second-order valence-corrected chi connectivity index (χ2v) is 2.33. The van der Waals surface area contributed by atoms with Gasteiger partial charge in [0.25, 0.3) is 0 Å². The normalized spacial score (nSPS) is 9.82. The Morgan fingerprint density at radius 3 is 1.36 bits per heavy atom. The molecule has 0 aliphatic heterocycles. The maximum atomic E-state index is 11.5. The van der Waals surface area contributed by atoms with Gasteiger partial charge in [-0.25, -0.2) is 0 Å². The van der Waals surface area contributed by atoms with Gasteiger partial charge in [-0.15, -0.1) is 0 Å². The number of halogens is 5. The van der Waals surface area contributed by atoms with Crippen molar-refractivity contribution in [3.05, 3.63) is 10.1 Å². The van der Waals surface area contributed by atoms with E-state index in [0.717, 1.165) is 6.92 Å². The molecule has 0 aliphatic rings. The average Bonchev–Trinajstić information content (AvgIpc) is 1.89. The first-order chi connectivity index (χ1) is 4.85. The van der Waals surface area contributed by atoms with Crippen molar-refractivity contribution in [2.45, 2.75) is 26.9 Å². The molecule has 0 nitrogen and oxygen atoms in total. The summed E-state index contributed by atoms with van der Waals surface area (Å²) in [6, 6.07) is 0. The highest BCUT2D eigenvalue weighted by atomic mass is 35.5. The minimum atomic E-state index is -4.40. The largest absolute Gasteiger partial charge is 0.414 e. The van der Waals surface area contributed by atoms with Gasteiger partial charge in [-0.1, -0.05) is 37.0 Å². The van der Waals surface area contributed by atoms with E-state index in [9.17, 15) is 13.2 Å². The van der Waals surface area contributed by atoms with Crippen molar-refractivity contribution >= 4 is 23.2 Å². The molecule has 0 rings (SSSR count). The lowest BCUT2D eigenvalue weighted by Crippen LogP contribution is -2.08. The number of hydrogen-bond acceptors (Lipinski definition) is 0. The molecule has 0 aliphatic carbocycles. The van der Waals surface area contributed by atoms with Crippen molar-refractivity contribution in [2.75, 3.05) is 0 Å². The first-order valence-corrected chi connectivity index (χ1v) is 3.70. The second kappa shape index (κ2) is 5.72. The van der Waals surface area contributed by atoms with Crippen molar-refractivity contribution in [2.24, 2.45) is 0 Å². The van der Waals surface area contributed by atoms with Crippen LogP contribution in [0.3, 0.4) is 0 Å². The van der Waals surface area contributed by atoms with E-state index in [4.69, 9.17) is 23.2 Å². The number of alkyl halides is 3. The highest BCUT2D eigenvalue weighted by Crippen LogP contribution is 2.30. The van der Waals surface area contributed by atoms with E-state index in [1.54, 1.807) is 0 Å². The first-order valence-electron chi connectivity index (χ1n) is 2.94. The van der Waals surface area contributed by atoms with Crippen LogP contribution in [0.4, 0.5) is 13.2 Å². The van der Waals surface area contributed by atoms with Crippen molar-refractivity contribution < 1.29 is 13.2 Å². The van der Waals surface area contributed by atoms with Crippen LogP contribution >= 0.6 is 23.2 Å². The highest BCUT2D eigenvalue weighted by molar-refractivity contribution is 6.56. The second-order valence-electron chi connectivity index (χ2n) is 1.38. The van der Waals surface area contributed by atoms with Gasteiger partial charge in [-0.3, -0.25) is 0 Å². The Morgan fingerprint density at radius 1 is 1.09 bits per heavy atom. The molecule has 68 valence electrons. The zero-order valence-corrected chi connectivity index (χ0v) is 7.90. The van der Waals surface area contributed by atoms with Crippen LogP contribution < -0.4 is 0 Å². The molecule has 0 aromatic carbocycles. The van der Waals surface area contributed by atoms with Crippen LogP contribution in [-0.2, 0) is 0 Å². The predicted octanol–water partition coefficient (Wildman–Crippen LogP) is 4.28. The summed E-state index contributed by atoms with van der Waals surface area (Å²) in [5.41, 5.74) is -0.967. The van der Waals surface area contributed by atoms with E-state index in [0.29, 0.717) is 0 Å². The third-order valence-corrected chi connectivity index (χ3v) is 1.28. The van der Waals surface area contributed by atoms with Gasteiger partial charge in [0.15, 0.2) is 0 Å². The van der Waals surface area contributed by atoms with Gasteiger partial charge in [0.2, 0.25) is 0 Å². The summed E-state index contributed by atoms with van der Waals surface area (Å²) in [6.07, 6.45) is -4.40. The van der Waals surface area contributed by atoms with Gasteiger partial charge in [0.05, 0.1) is 5.57 Å². The molecule has 0 heterocycles. The van der Waals surface area contributed by atoms with Crippen molar-refractivity contribution in [3.8, 4) is 0 Å². The topological polar surface area (TPSA) is 0 Å². The van der Waals surface area contributed by atoms with E-state index in [-0.39, 0.29) is 0 Å². The first kappa shape index (κ1) is 13.7. The molecule has 0 amide bonds. The molecule has 11 heavy (non-hydrogen) atoms. The maximum Gasteiger partial charge on any atom is 0.414 e. The van der Waals surface area contributed by atoms with E-state index in [1.807, 2.05) is 13.8 Å². The Morgan fingerprint density at radius 2 is 1.36 bits per heavy atom. The quantitative estimate of drug-likeness (QED) is 0.558. The fraction of sp³-hybridized carbons (Fsp3) is 0.667. The van der Waals surface area contributed by atoms with Crippen molar-refractivity contribution in [3.63, 3.8) is 0 Å². The molecule has 0 radical (unpaired) electrons. The summed E-state index contributed by atoms with van der Waals surface area (Å²) in [6.45, 7) is 4.81. The lowest BCUT2D eigenvalue weighted by atomic mass is 10.3. The van der Waals surface area contributed by atoms with Crippen LogP contribution in [0.5, 0.6) is 0 Å². The Labute approximate surface area is 74.0 Å². The summed E-state index contributed by atoms with van der Waals surface area (Å²) >= 11 is 9.68. The number of rotatable bonds is 0. The maximum absolute atomic E-state index is 11.5. The highest BCUT2D eigenvalue weighted by Gasteiger charge is 2.31. The van der Waals surface area contributed by atoms with Crippen LogP contribution in [0.1, 0.15) is 20.8 Å². The van der Waals surface area contributed by atoms with Gasteiger partial charge in [-0.05, 0) is 6.92 Å². The molecule has 0 fully saturated rings. The molecule has 0 spiro atoms. The molecule has 0 saturated heterocycles. The van der Waals surface area contributed by atoms with Crippen LogP contribution in [0.15, 0.2) is 10.1 Å². The van der Waals surface area contributed by atoms with Gasteiger partial charge in [0.1, 0.15) is 4.49 Å². The van der Waals surface area contributed by atoms with E-state index >= 15 is 0 Å². The summed E-state index contributed by atoms with van der Waals surface area (Å²) in [5.74, 6) is 0. The number of hydrogen-bond donors (Lipinski definition) is 0. The standard InChI is InChI=1S/C4H3Cl2F3.C2H6/c1-2(3(5)6)4(7,8)9;1-2/h1H3;1-2H3. The molecule has 0 unspecified atom stereocenters. The van der Waals surface area contributed by atoms with Crippen LogP contribution in [0, 0.1) is 0 Å². The Bertz CT molecular complexity index is 133. The molecule has 0 N–H and O–H groups in total. The molecule has 5 heteroatoms. The summed E-state index contributed by atoms with van der Waals surface area (Å²) in [5, 5.41) is 0. The monoisotopic (exact) mass is 208 g/mol. The average molecular weight is 209 g/mol. The van der Waals surface area contributed by atoms with Crippen LogP contribution in [0.2, 0.25) is 0 Å².